The van der Waals surface area contributed by atoms with Crippen LogP contribution in [0.15, 0.2) is 24.5 Å². The molecule has 1 unspecified atom stereocenters. The normalized spacial score (nSPS) is 19.8. The lowest BCUT2D eigenvalue weighted by molar-refractivity contribution is -0.136. The number of unbranched alkanes of at least 4 members (excludes halogenated alkanes) is 10. The Morgan fingerprint density at radius 1 is 0.805 bits per heavy atom. The molecule has 9 heteroatoms. The second-order valence-corrected chi connectivity index (χ2v) is 10.6. The van der Waals surface area contributed by atoms with Gasteiger partial charge in [0.25, 0.3) is 0 Å². The van der Waals surface area contributed by atoms with Crippen molar-refractivity contribution >= 4 is 0 Å². The summed E-state index contributed by atoms with van der Waals surface area (Å²) in [7, 11) is 0. The molecule has 9 nitrogen and oxygen atoms in total. The van der Waals surface area contributed by atoms with E-state index in [4.69, 9.17) is 33.5 Å². The highest BCUT2D eigenvalue weighted by Gasteiger charge is 2.44. The van der Waals surface area contributed by atoms with E-state index in [2.05, 4.69) is 25.7 Å². The van der Waals surface area contributed by atoms with E-state index in [0.29, 0.717) is 13.2 Å². The summed E-state index contributed by atoms with van der Waals surface area (Å²) in [5.41, 5.74) is 0. The molecule has 1 fully saturated rings. The lowest BCUT2D eigenvalue weighted by Gasteiger charge is -2.29. The SMILES string of the molecule is C=C(CCCCCC/C=C/CCCCCCCC)OCCOCC(OCCO)[C@H]1OC[C@@H](OCCO)[C@@H]1OCCO. The van der Waals surface area contributed by atoms with Gasteiger partial charge in [-0.1, -0.05) is 70.6 Å². The maximum atomic E-state index is 9.25. The fraction of sp³-hybridized carbons (Fsp3) is 0.875. The van der Waals surface area contributed by atoms with Crippen LogP contribution in [-0.2, 0) is 28.4 Å². The largest absolute Gasteiger partial charge is 0.496 e. The highest BCUT2D eigenvalue weighted by atomic mass is 16.6. The molecule has 0 radical (unpaired) electrons. The minimum absolute atomic E-state index is 0.107. The molecule has 41 heavy (non-hydrogen) atoms. The summed E-state index contributed by atoms with van der Waals surface area (Å²) in [5, 5.41) is 27.5. The van der Waals surface area contributed by atoms with Crippen LogP contribution in [0.5, 0.6) is 0 Å². The second kappa shape index (κ2) is 27.8. The first kappa shape index (κ1) is 38.0. The predicted octanol–water partition coefficient (Wildman–Crippen LogP) is 4.71. The molecule has 0 bridgehead atoms. The molecule has 1 rings (SSSR count). The molecule has 0 saturated carbocycles. The lowest BCUT2D eigenvalue weighted by atomic mass is 10.1. The fourth-order valence-electron chi connectivity index (χ4n) is 4.84. The third kappa shape index (κ3) is 19.7. The van der Waals surface area contributed by atoms with E-state index in [1.165, 1.54) is 70.6 Å². The van der Waals surface area contributed by atoms with Crippen molar-refractivity contribution in [3.63, 3.8) is 0 Å². The van der Waals surface area contributed by atoms with Crippen LogP contribution in [0, 0.1) is 0 Å². The maximum Gasteiger partial charge on any atom is 0.115 e. The number of rotatable bonds is 30. The number of hydrogen-bond acceptors (Lipinski definition) is 9. The standard InChI is InChI=1S/C32H60O9/c1-3-4-5-6-7-8-9-10-11-12-13-14-15-16-17-28(2)37-25-24-36-26-29(38-21-18-33)32-31(40-23-20-35)30(27-41-32)39-22-19-34/h10-11,29-35H,2-9,12-27H2,1H3/b11-10+/t29?,30-,31+,32-/m1/s1. The number of hydrogen-bond donors (Lipinski definition) is 3. The van der Waals surface area contributed by atoms with Gasteiger partial charge in [0.1, 0.15) is 31.0 Å². The smallest absolute Gasteiger partial charge is 0.115 e. The first-order valence-corrected chi connectivity index (χ1v) is 16.0. The zero-order valence-corrected chi connectivity index (χ0v) is 25.7. The van der Waals surface area contributed by atoms with Gasteiger partial charge in [-0.3, -0.25) is 0 Å². The van der Waals surface area contributed by atoms with Crippen molar-refractivity contribution in [2.75, 3.05) is 66.1 Å². The van der Waals surface area contributed by atoms with Crippen LogP contribution in [0.1, 0.15) is 90.4 Å². The van der Waals surface area contributed by atoms with Gasteiger partial charge in [-0.05, 0) is 32.1 Å². The van der Waals surface area contributed by atoms with E-state index < -0.39 is 24.4 Å². The van der Waals surface area contributed by atoms with Crippen molar-refractivity contribution in [3.05, 3.63) is 24.5 Å². The van der Waals surface area contributed by atoms with Gasteiger partial charge in [0.15, 0.2) is 0 Å². The van der Waals surface area contributed by atoms with Crippen LogP contribution in [-0.4, -0.2) is 106 Å². The van der Waals surface area contributed by atoms with Gasteiger partial charge >= 0.3 is 0 Å². The van der Waals surface area contributed by atoms with Crippen LogP contribution in [0.25, 0.3) is 0 Å². The Hall–Kier alpha value is -1.04. The van der Waals surface area contributed by atoms with Crippen LogP contribution < -0.4 is 0 Å². The predicted molar refractivity (Wildman–Crippen MR) is 161 cm³/mol. The third-order valence-electron chi connectivity index (χ3n) is 7.04. The second-order valence-electron chi connectivity index (χ2n) is 10.6. The van der Waals surface area contributed by atoms with E-state index in [9.17, 15) is 10.2 Å². The Morgan fingerprint density at radius 2 is 1.44 bits per heavy atom. The Bertz CT molecular complexity index is 616. The van der Waals surface area contributed by atoms with Gasteiger partial charge in [-0.15, -0.1) is 0 Å². The van der Waals surface area contributed by atoms with Crippen LogP contribution >= 0.6 is 0 Å². The molecule has 0 aliphatic carbocycles. The van der Waals surface area contributed by atoms with Gasteiger partial charge in [0.2, 0.25) is 0 Å². The van der Waals surface area contributed by atoms with Crippen LogP contribution in [0.2, 0.25) is 0 Å². The molecule has 0 aromatic rings. The minimum Gasteiger partial charge on any atom is -0.496 e. The first-order valence-electron chi connectivity index (χ1n) is 16.0. The van der Waals surface area contributed by atoms with Gasteiger partial charge in [-0.2, -0.15) is 0 Å². The summed E-state index contributed by atoms with van der Waals surface area (Å²) in [6.07, 6.45) is 18.9. The molecular weight excluding hydrogens is 528 g/mol. The Balaban J connectivity index is 2.16. The summed E-state index contributed by atoms with van der Waals surface area (Å²) >= 11 is 0. The van der Waals surface area contributed by atoms with Gasteiger partial charge in [0, 0.05) is 6.42 Å². The molecule has 1 aliphatic heterocycles. The minimum atomic E-state index is -0.498. The van der Waals surface area contributed by atoms with Gasteiger partial charge < -0.3 is 43.7 Å². The fourth-order valence-corrected chi connectivity index (χ4v) is 4.84. The molecular formula is C32H60O9. The van der Waals surface area contributed by atoms with E-state index in [1.807, 2.05) is 0 Å². The Morgan fingerprint density at radius 3 is 2.12 bits per heavy atom. The molecule has 1 saturated heterocycles. The highest BCUT2D eigenvalue weighted by molar-refractivity contribution is 4.91. The van der Waals surface area contributed by atoms with E-state index in [-0.39, 0.29) is 52.9 Å². The molecule has 242 valence electrons. The first-order chi connectivity index (χ1) is 20.2. The van der Waals surface area contributed by atoms with Crippen molar-refractivity contribution in [2.24, 2.45) is 0 Å². The number of allylic oxidation sites excluding steroid dienone is 3. The topological polar surface area (TPSA) is 116 Å². The van der Waals surface area contributed by atoms with Crippen LogP contribution in [0.3, 0.4) is 0 Å². The van der Waals surface area contributed by atoms with Crippen molar-refractivity contribution < 1.29 is 43.7 Å². The molecule has 0 aromatic carbocycles. The summed E-state index contributed by atoms with van der Waals surface area (Å²) in [6.45, 7) is 7.60. The van der Waals surface area contributed by atoms with E-state index in [1.54, 1.807) is 0 Å². The average Bonchev–Trinajstić information content (AvgIpc) is 3.38. The summed E-state index contributed by atoms with van der Waals surface area (Å²) in [4.78, 5) is 0. The molecule has 0 amide bonds. The summed E-state index contributed by atoms with van der Waals surface area (Å²) in [6, 6.07) is 0. The zero-order valence-electron chi connectivity index (χ0n) is 25.7. The van der Waals surface area contributed by atoms with E-state index >= 15 is 0 Å². The van der Waals surface area contributed by atoms with Crippen LogP contribution in [0.4, 0.5) is 0 Å². The van der Waals surface area contributed by atoms with Crippen molar-refractivity contribution in [1.29, 1.82) is 0 Å². The highest BCUT2D eigenvalue weighted by Crippen LogP contribution is 2.25. The molecule has 1 aliphatic rings. The molecule has 3 N–H and O–H groups in total. The third-order valence-corrected chi connectivity index (χ3v) is 7.04. The summed E-state index contributed by atoms with van der Waals surface area (Å²) < 4.78 is 34.7. The lowest BCUT2D eigenvalue weighted by Crippen LogP contribution is -2.45. The maximum absolute atomic E-state index is 9.25. The van der Waals surface area contributed by atoms with Crippen molar-refractivity contribution in [2.45, 2.75) is 115 Å². The van der Waals surface area contributed by atoms with Crippen molar-refractivity contribution in [1.82, 2.24) is 0 Å². The number of ether oxygens (including phenoxy) is 6. The Labute approximate surface area is 249 Å². The molecule has 0 spiro atoms. The monoisotopic (exact) mass is 588 g/mol. The molecule has 0 aromatic heterocycles. The Kier molecular flexibility index (Phi) is 25.7. The van der Waals surface area contributed by atoms with Gasteiger partial charge in [0.05, 0.1) is 65.2 Å². The van der Waals surface area contributed by atoms with Gasteiger partial charge in [-0.25, -0.2) is 0 Å². The quantitative estimate of drug-likeness (QED) is 0.0623. The number of aliphatic hydroxyl groups excluding tert-OH is 3. The average molecular weight is 589 g/mol. The number of aliphatic hydroxyl groups is 3. The van der Waals surface area contributed by atoms with E-state index in [0.717, 1.165) is 18.6 Å². The van der Waals surface area contributed by atoms with Crippen molar-refractivity contribution in [3.8, 4) is 0 Å². The molecule has 1 heterocycles. The summed E-state index contributed by atoms with van der Waals surface area (Å²) in [5.74, 6) is 0.779. The zero-order chi connectivity index (χ0) is 29.8. The molecule has 4 atom stereocenters.